The van der Waals surface area contributed by atoms with E-state index in [-0.39, 0.29) is 17.5 Å². The molecule has 5 atom stereocenters. The van der Waals surface area contributed by atoms with E-state index in [9.17, 15) is 8.42 Å². The third-order valence-electron chi connectivity index (χ3n) is 5.51. The Hall–Kier alpha value is -0.990. The van der Waals surface area contributed by atoms with Crippen molar-refractivity contribution in [2.75, 3.05) is 6.54 Å². The van der Waals surface area contributed by atoms with E-state index in [4.69, 9.17) is 9.26 Å². The average molecular weight is 341 g/mol. The van der Waals surface area contributed by atoms with Gasteiger partial charge in [-0.05, 0) is 50.9 Å². The van der Waals surface area contributed by atoms with Crippen LogP contribution in [0.25, 0.3) is 0 Å². The van der Waals surface area contributed by atoms with E-state index in [1.165, 1.54) is 6.42 Å². The van der Waals surface area contributed by atoms with Gasteiger partial charge in [-0.3, -0.25) is 0 Å². The molecular weight excluding hydrogens is 318 g/mol. The normalized spacial score (nSPS) is 36.8. The van der Waals surface area contributed by atoms with Crippen molar-refractivity contribution in [1.82, 2.24) is 14.9 Å². The van der Waals surface area contributed by atoms with Gasteiger partial charge in [-0.15, -0.1) is 0 Å². The van der Waals surface area contributed by atoms with Crippen molar-refractivity contribution in [1.29, 1.82) is 0 Å². The zero-order valence-corrected chi connectivity index (χ0v) is 14.1. The molecule has 1 saturated heterocycles. The molecule has 128 valence electrons. The van der Waals surface area contributed by atoms with E-state index in [2.05, 4.69) is 14.9 Å². The zero-order valence-electron chi connectivity index (χ0n) is 13.3. The predicted octanol–water partition coefficient (Wildman–Crippen LogP) is 1.71. The van der Waals surface area contributed by atoms with Crippen molar-refractivity contribution in [2.24, 2.45) is 11.8 Å². The Kier molecular flexibility index (Phi) is 3.93. The molecule has 3 fully saturated rings. The van der Waals surface area contributed by atoms with Gasteiger partial charge < -0.3 is 9.26 Å². The lowest BCUT2D eigenvalue weighted by atomic mass is 10.0. The summed E-state index contributed by atoms with van der Waals surface area (Å²) in [5.41, 5.74) is 0. The summed E-state index contributed by atoms with van der Waals surface area (Å²) in [7, 11) is -3.24. The highest BCUT2D eigenvalue weighted by Crippen LogP contribution is 2.47. The van der Waals surface area contributed by atoms with Gasteiger partial charge >= 0.3 is 0 Å². The number of aryl methyl sites for hydroxylation is 1. The summed E-state index contributed by atoms with van der Waals surface area (Å²) in [6.45, 7) is 2.10. The molecule has 8 heteroatoms. The van der Waals surface area contributed by atoms with Gasteiger partial charge in [0.1, 0.15) is 6.10 Å². The minimum atomic E-state index is -3.24. The van der Waals surface area contributed by atoms with Gasteiger partial charge in [-0.25, -0.2) is 13.1 Å². The molecule has 4 rings (SSSR count). The Labute approximate surface area is 136 Å². The third kappa shape index (κ3) is 3.04. The van der Waals surface area contributed by atoms with Crippen molar-refractivity contribution >= 4 is 10.0 Å². The minimum Gasteiger partial charge on any atom is -0.364 e. The van der Waals surface area contributed by atoms with Gasteiger partial charge in [0, 0.05) is 6.54 Å². The number of sulfonamides is 1. The number of hydrogen-bond donors (Lipinski definition) is 1. The van der Waals surface area contributed by atoms with Gasteiger partial charge in [-0.2, -0.15) is 4.98 Å². The van der Waals surface area contributed by atoms with Crippen LogP contribution in [0.3, 0.4) is 0 Å². The molecule has 0 aromatic carbocycles. The Balaban J connectivity index is 1.31. The maximum atomic E-state index is 12.5. The Morgan fingerprint density at radius 2 is 2.09 bits per heavy atom. The molecule has 0 amide bonds. The van der Waals surface area contributed by atoms with Crippen LogP contribution < -0.4 is 4.72 Å². The molecule has 7 nitrogen and oxygen atoms in total. The van der Waals surface area contributed by atoms with Crippen molar-refractivity contribution in [2.45, 2.75) is 62.9 Å². The van der Waals surface area contributed by atoms with Crippen molar-refractivity contribution in [3.8, 4) is 0 Å². The van der Waals surface area contributed by atoms with Gasteiger partial charge in [0.05, 0.1) is 11.4 Å². The summed E-state index contributed by atoms with van der Waals surface area (Å²) >= 11 is 0. The smallest absolute Gasteiger partial charge is 0.255 e. The molecule has 2 aliphatic carbocycles. The Morgan fingerprint density at radius 3 is 2.74 bits per heavy atom. The Bertz CT molecular complexity index is 674. The second-order valence-corrected chi connectivity index (χ2v) is 9.09. The molecule has 1 aliphatic heterocycles. The van der Waals surface area contributed by atoms with Crippen LogP contribution in [0.1, 0.15) is 56.3 Å². The van der Waals surface area contributed by atoms with Crippen LogP contribution in [-0.2, 0) is 14.8 Å². The lowest BCUT2D eigenvalue weighted by Crippen LogP contribution is -2.40. The van der Waals surface area contributed by atoms with Crippen molar-refractivity contribution in [3.05, 3.63) is 11.7 Å². The van der Waals surface area contributed by atoms with Gasteiger partial charge in [-0.1, -0.05) is 11.6 Å². The highest BCUT2D eigenvalue weighted by atomic mass is 32.2. The van der Waals surface area contributed by atoms with E-state index >= 15 is 0 Å². The molecule has 1 N–H and O–H groups in total. The first-order valence-corrected chi connectivity index (χ1v) is 10.00. The fourth-order valence-corrected chi connectivity index (χ4v) is 6.28. The molecule has 0 spiro atoms. The molecule has 2 saturated carbocycles. The summed E-state index contributed by atoms with van der Waals surface area (Å²) in [5.74, 6) is 2.05. The quantitative estimate of drug-likeness (QED) is 0.876. The van der Waals surface area contributed by atoms with E-state index in [1.54, 1.807) is 6.92 Å². The molecule has 23 heavy (non-hydrogen) atoms. The monoisotopic (exact) mass is 341 g/mol. The molecular formula is C15H23N3O4S. The second kappa shape index (κ2) is 5.82. The van der Waals surface area contributed by atoms with Crippen LogP contribution in [0, 0.1) is 18.8 Å². The first-order valence-electron chi connectivity index (χ1n) is 8.45. The molecule has 0 radical (unpaired) electrons. The fourth-order valence-electron chi connectivity index (χ4n) is 4.36. The van der Waals surface area contributed by atoms with Crippen LogP contribution in [0.2, 0.25) is 0 Å². The van der Waals surface area contributed by atoms with Crippen molar-refractivity contribution < 1.29 is 17.7 Å². The van der Waals surface area contributed by atoms with Crippen LogP contribution in [-0.4, -0.2) is 36.5 Å². The number of rotatable bonds is 5. The highest BCUT2D eigenvalue weighted by Gasteiger charge is 2.46. The first-order chi connectivity index (χ1) is 11.0. The second-order valence-electron chi connectivity index (χ2n) is 7.11. The van der Waals surface area contributed by atoms with Gasteiger partial charge in [0.25, 0.3) is 5.89 Å². The SMILES string of the molecule is Cc1noc([C@@H]2CC[C@H](CNS(=O)(=O)C3C[C@@H]4CC[C@H]3C4)O2)n1. The summed E-state index contributed by atoms with van der Waals surface area (Å²) in [4.78, 5) is 4.18. The van der Waals surface area contributed by atoms with Crippen LogP contribution >= 0.6 is 0 Å². The van der Waals surface area contributed by atoms with Gasteiger partial charge in [0.2, 0.25) is 10.0 Å². The standard InChI is InChI=1S/C15H23N3O4S/c1-9-17-15(22-18-9)13-5-4-12(21-13)8-16-23(19,20)14-7-10-2-3-11(14)6-10/h10-14,16H,2-8H2,1H3/t10-,11+,12-,13+,14?/m1/s1. The number of nitrogens with one attached hydrogen (secondary N) is 1. The molecule has 2 heterocycles. The first kappa shape index (κ1) is 15.5. The van der Waals surface area contributed by atoms with E-state index < -0.39 is 10.0 Å². The maximum Gasteiger partial charge on any atom is 0.255 e. The number of hydrogen-bond acceptors (Lipinski definition) is 6. The van der Waals surface area contributed by atoms with Crippen molar-refractivity contribution in [3.63, 3.8) is 0 Å². The minimum absolute atomic E-state index is 0.124. The van der Waals surface area contributed by atoms with Crippen LogP contribution in [0.4, 0.5) is 0 Å². The topological polar surface area (TPSA) is 94.3 Å². The maximum absolute atomic E-state index is 12.5. The number of fused-ring (bicyclic) bond motifs is 2. The fraction of sp³-hybridized carbons (Fsp3) is 0.867. The highest BCUT2D eigenvalue weighted by molar-refractivity contribution is 7.90. The van der Waals surface area contributed by atoms with Crippen LogP contribution in [0.15, 0.2) is 4.52 Å². The number of nitrogens with zero attached hydrogens (tertiary/aromatic N) is 2. The lowest BCUT2D eigenvalue weighted by molar-refractivity contribution is 0.0289. The third-order valence-corrected chi connectivity index (χ3v) is 7.45. The van der Waals surface area contributed by atoms with E-state index in [0.29, 0.717) is 30.1 Å². The Morgan fingerprint density at radius 1 is 1.22 bits per heavy atom. The predicted molar refractivity (Wildman–Crippen MR) is 82.0 cm³/mol. The van der Waals surface area contributed by atoms with Crippen LogP contribution in [0.5, 0.6) is 0 Å². The van der Waals surface area contributed by atoms with E-state index in [1.807, 2.05) is 0 Å². The lowest BCUT2D eigenvalue weighted by Gasteiger charge is -2.23. The summed E-state index contributed by atoms with van der Waals surface area (Å²) in [6, 6.07) is 0. The molecule has 3 aliphatic rings. The number of aromatic nitrogens is 2. The molecule has 1 unspecified atom stereocenters. The largest absolute Gasteiger partial charge is 0.364 e. The zero-order chi connectivity index (χ0) is 16.0. The number of ether oxygens (including phenoxy) is 1. The summed E-state index contributed by atoms with van der Waals surface area (Å²) in [5, 5.41) is 3.57. The van der Waals surface area contributed by atoms with Gasteiger partial charge in [0.15, 0.2) is 5.82 Å². The van der Waals surface area contributed by atoms with E-state index in [0.717, 1.165) is 32.1 Å². The summed E-state index contributed by atoms with van der Waals surface area (Å²) < 4.78 is 38.8. The molecule has 1 aromatic rings. The average Bonchev–Trinajstić information content (AvgIpc) is 3.28. The summed E-state index contributed by atoms with van der Waals surface area (Å²) in [6.07, 6.45) is 5.42. The molecule has 1 aromatic heterocycles. The molecule has 2 bridgehead atoms.